The van der Waals surface area contributed by atoms with Crippen LogP contribution in [0.1, 0.15) is 23.0 Å². The van der Waals surface area contributed by atoms with Crippen molar-refractivity contribution in [1.82, 2.24) is 9.78 Å². The van der Waals surface area contributed by atoms with E-state index >= 15 is 0 Å². The second kappa shape index (κ2) is 7.42. The maximum absolute atomic E-state index is 12.9. The smallest absolute Gasteiger partial charge is 0.464 e. The first-order valence-corrected chi connectivity index (χ1v) is 8.29. The maximum atomic E-state index is 12.9. The van der Waals surface area contributed by atoms with E-state index in [-0.39, 0.29) is 5.39 Å². The minimum Gasteiger partial charge on any atom is -0.464 e. The monoisotopic (exact) mass is 404 g/mol. The van der Waals surface area contributed by atoms with Crippen LogP contribution in [-0.2, 0) is 4.74 Å². The molecule has 0 aliphatic carbocycles. The van der Waals surface area contributed by atoms with E-state index in [1.807, 2.05) is 0 Å². The average Bonchev–Trinajstić information content (AvgIpc) is 2.67. The number of hydrogen-bond donors (Lipinski definition) is 0. The molecule has 0 N–H and O–H groups in total. The van der Waals surface area contributed by atoms with Crippen molar-refractivity contribution in [3.05, 3.63) is 70.5 Å². The Kier molecular flexibility index (Phi) is 5.15. The molecular weight excluding hydrogens is 389 g/mol. The van der Waals surface area contributed by atoms with Crippen molar-refractivity contribution in [2.75, 3.05) is 7.11 Å². The molecule has 29 heavy (non-hydrogen) atoms. The summed E-state index contributed by atoms with van der Waals surface area (Å²) in [6, 6.07) is 9.83. The number of esters is 1. The third-order valence-electron chi connectivity index (χ3n) is 4.07. The summed E-state index contributed by atoms with van der Waals surface area (Å²) in [6.45, 7) is 5.56. The maximum Gasteiger partial charge on any atom is 0.573 e. The van der Waals surface area contributed by atoms with E-state index in [9.17, 15) is 22.8 Å². The van der Waals surface area contributed by atoms with Crippen LogP contribution in [0.5, 0.6) is 5.75 Å². The highest BCUT2D eigenvalue weighted by Crippen LogP contribution is 2.26. The fourth-order valence-corrected chi connectivity index (χ4v) is 2.84. The van der Waals surface area contributed by atoms with Crippen molar-refractivity contribution >= 4 is 22.4 Å². The van der Waals surface area contributed by atoms with Crippen molar-refractivity contribution in [1.29, 1.82) is 0 Å². The van der Waals surface area contributed by atoms with Crippen LogP contribution in [0.25, 0.3) is 22.2 Å². The lowest BCUT2D eigenvalue weighted by Crippen LogP contribution is -2.24. The van der Waals surface area contributed by atoms with E-state index in [0.717, 1.165) is 19.2 Å². The van der Waals surface area contributed by atoms with Gasteiger partial charge in [0.15, 0.2) is 0 Å². The normalized spacial score (nSPS) is 11.3. The predicted octanol–water partition coefficient (Wildman–Crippen LogP) is 4.10. The SMILES string of the molecule is C=C(C)c1cccc2c1c(=O)c(C(=O)OC)nn2-c1ccc(OC(F)(F)F)cc1. The lowest BCUT2D eigenvalue weighted by molar-refractivity contribution is -0.274. The number of ether oxygens (including phenoxy) is 2. The predicted molar refractivity (Wildman–Crippen MR) is 100 cm³/mol. The Morgan fingerprint density at radius 1 is 1.14 bits per heavy atom. The summed E-state index contributed by atoms with van der Waals surface area (Å²) in [5, 5.41) is 4.28. The molecule has 0 saturated carbocycles. The summed E-state index contributed by atoms with van der Waals surface area (Å²) in [5.41, 5.74) is 0.699. The Bertz CT molecular complexity index is 1170. The highest BCUT2D eigenvalue weighted by atomic mass is 19.4. The minimum atomic E-state index is -4.82. The first-order chi connectivity index (χ1) is 13.6. The molecule has 0 spiro atoms. The van der Waals surface area contributed by atoms with Crippen LogP contribution in [0.3, 0.4) is 0 Å². The van der Waals surface area contributed by atoms with Crippen LogP contribution >= 0.6 is 0 Å². The van der Waals surface area contributed by atoms with Crippen molar-refractivity contribution in [3.8, 4) is 11.4 Å². The summed E-state index contributed by atoms with van der Waals surface area (Å²) in [6.07, 6.45) is -4.82. The van der Waals surface area contributed by atoms with Crippen molar-refractivity contribution < 1.29 is 27.4 Å². The number of carbonyl (C=O) groups excluding carboxylic acids is 1. The van der Waals surface area contributed by atoms with Gasteiger partial charge in [-0.2, -0.15) is 5.10 Å². The molecule has 1 heterocycles. The molecule has 0 bridgehead atoms. The van der Waals surface area contributed by atoms with Crippen molar-refractivity contribution in [3.63, 3.8) is 0 Å². The highest BCUT2D eigenvalue weighted by Gasteiger charge is 2.31. The van der Waals surface area contributed by atoms with Gasteiger partial charge < -0.3 is 9.47 Å². The second-order valence-corrected chi connectivity index (χ2v) is 6.10. The van der Waals surface area contributed by atoms with Gasteiger partial charge in [-0.05, 0) is 42.8 Å². The number of halogens is 3. The Morgan fingerprint density at radius 3 is 2.34 bits per heavy atom. The minimum absolute atomic E-state index is 0.200. The molecule has 0 amide bonds. The van der Waals surface area contributed by atoms with Crippen LogP contribution in [0, 0.1) is 0 Å². The van der Waals surface area contributed by atoms with Gasteiger partial charge in [0.05, 0.1) is 23.7 Å². The summed E-state index contributed by atoms with van der Waals surface area (Å²) < 4.78 is 46.9. The third kappa shape index (κ3) is 3.98. The molecule has 0 unspecified atom stereocenters. The van der Waals surface area contributed by atoms with Crippen molar-refractivity contribution in [2.24, 2.45) is 0 Å². The Morgan fingerprint density at radius 2 is 1.79 bits per heavy atom. The quantitative estimate of drug-likeness (QED) is 0.613. The number of benzene rings is 2. The van der Waals surface area contributed by atoms with E-state index in [2.05, 4.69) is 21.2 Å². The third-order valence-corrected chi connectivity index (χ3v) is 4.07. The molecule has 150 valence electrons. The number of alkyl halides is 3. The first kappa shape index (κ1) is 20.1. The number of fused-ring (bicyclic) bond motifs is 1. The van der Waals surface area contributed by atoms with E-state index in [1.165, 1.54) is 16.8 Å². The Labute approximate surface area is 162 Å². The van der Waals surface area contributed by atoms with Gasteiger partial charge in [0.2, 0.25) is 11.1 Å². The molecule has 9 heteroatoms. The number of rotatable bonds is 4. The van der Waals surface area contributed by atoms with Gasteiger partial charge in [0, 0.05) is 0 Å². The zero-order chi connectivity index (χ0) is 21.3. The van der Waals surface area contributed by atoms with Gasteiger partial charge in [-0.1, -0.05) is 24.3 Å². The van der Waals surface area contributed by atoms with E-state index in [0.29, 0.717) is 22.3 Å². The summed E-state index contributed by atoms with van der Waals surface area (Å²) in [5.74, 6) is -1.35. The zero-order valence-electron chi connectivity index (χ0n) is 15.4. The molecule has 1 aromatic heterocycles. The van der Waals surface area contributed by atoms with Crippen LogP contribution in [-0.4, -0.2) is 29.2 Å². The van der Waals surface area contributed by atoms with E-state index < -0.39 is 29.2 Å². The number of carbonyl (C=O) groups is 1. The van der Waals surface area contributed by atoms with Crippen LogP contribution in [0.2, 0.25) is 0 Å². The second-order valence-electron chi connectivity index (χ2n) is 6.10. The van der Waals surface area contributed by atoms with Gasteiger partial charge in [0.25, 0.3) is 0 Å². The van der Waals surface area contributed by atoms with Crippen LogP contribution in [0.15, 0.2) is 53.8 Å². The lowest BCUT2D eigenvalue weighted by atomic mass is 10.0. The van der Waals surface area contributed by atoms with Gasteiger partial charge in [-0.25, -0.2) is 9.48 Å². The van der Waals surface area contributed by atoms with Crippen molar-refractivity contribution in [2.45, 2.75) is 13.3 Å². The molecule has 0 aliphatic heterocycles. The Balaban J connectivity index is 2.28. The van der Waals surface area contributed by atoms with Gasteiger partial charge in [0.1, 0.15) is 5.75 Å². The summed E-state index contributed by atoms with van der Waals surface area (Å²) in [7, 11) is 1.12. The van der Waals surface area contributed by atoms with Gasteiger partial charge >= 0.3 is 12.3 Å². The lowest BCUT2D eigenvalue weighted by Gasteiger charge is -2.15. The van der Waals surface area contributed by atoms with Crippen LogP contribution in [0.4, 0.5) is 13.2 Å². The molecular formula is C20H15F3N2O4. The molecule has 6 nitrogen and oxygen atoms in total. The standard InChI is InChI=1S/C20H15F3N2O4/c1-11(2)14-5-4-6-15-16(14)18(26)17(19(27)28-3)24-25(15)12-7-9-13(10-8-12)29-20(21,22)23/h4-10H,1H2,2-3H3. The van der Waals surface area contributed by atoms with Gasteiger partial charge in [-0.15, -0.1) is 13.2 Å². The molecule has 0 fully saturated rings. The fourth-order valence-electron chi connectivity index (χ4n) is 2.84. The summed E-state index contributed by atoms with van der Waals surface area (Å²) >= 11 is 0. The largest absolute Gasteiger partial charge is 0.573 e. The van der Waals surface area contributed by atoms with E-state index in [1.54, 1.807) is 25.1 Å². The molecule has 2 aromatic carbocycles. The summed E-state index contributed by atoms with van der Waals surface area (Å²) in [4.78, 5) is 25.0. The molecule has 0 radical (unpaired) electrons. The molecule has 0 saturated heterocycles. The topological polar surface area (TPSA) is 70.4 Å². The Hall–Kier alpha value is -3.62. The first-order valence-electron chi connectivity index (χ1n) is 8.29. The average molecular weight is 404 g/mol. The number of aromatic nitrogens is 2. The zero-order valence-corrected chi connectivity index (χ0v) is 15.4. The molecule has 0 aliphatic rings. The van der Waals surface area contributed by atoms with Crippen LogP contribution < -0.4 is 10.2 Å². The highest BCUT2D eigenvalue weighted by molar-refractivity contribution is 5.96. The fraction of sp³-hybridized carbons (Fsp3) is 0.150. The number of allylic oxidation sites excluding steroid dienone is 1. The molecule has 3 aromatic rings. The number of nitrogens with zero attached hydrogens (tertiary/aromatic N) is 2. The van der Waals surface area contributed by atoms with E-state index in [4.69, 9.17) is 0 Å². The van der Waals surface area contributed by atoms with Gasteiger partial charge in [-0.3, -0.25) is 4.79 Å². The molecule has 3 rings (SSSR count). The number of hydrogen-bond acceptors (Lipinski definition) is 5. The number of methoxy groups -OCH3 is 1. The molecule has 0 atom stereocenters.